The fourth-order valence-corrected chi connectivity index (χ4v) is 1.29. The van der Waals surface area contributed by atoms with Crippen LogP contribution in [0, 0.1) is 0 Å². The van der Waals surface area contributed by atoms with E-state index in [1.165, 1.54) is 13.6 Å². The van der Waals surface area contributed by atoms with Gasteiger partial charge in [0.2, 0.25) is 0 Å². The van der Waals surface area contributed by atoms with Crippen LogP contribution in [0.25, 0.3) is 0 Å². The molecule has 0 aliphatic carbocycles. The van der Waals surface area contributed by atoms with Crippen LogP contribution in [0.5, 0.6) is 0 Å². The van der Waals surface area contributed by atoms with Crippen LogP contribution in [0.2, 0.25) is 12.1 Å². The van der Waals surface area contributed by atoms with Gasteiger partial charge in [0.25, 0.3) is 0 Å². The van der Waals surface area contributed by atoms with E-state index in [1.54, 1.807) is 0 Å². The van der Waals surface area contributed by atoms with Crippen LogP contribution < -0.4 is 5.32 Å². The normalized spacial score (nSPS) is 11.5. The average molecular weight is 167 g/mol. The summed E-state index contributed by atoms with van der Waals surface area (Å²) in [7, 11) is 1.27. The Balaban J connectivity index is 3.78. The Hall–Kier alpha value is -0.395. The summed E-state index contributed by atoms with van der Waals surface area (Å²) in [6.07, 6.45) is 1.21. The number of hydrogen-bond acceptors (Lipinski definition) is 1. The highest BCUT2D eigenvalue weighted by Gasteiger charge is 2.17. The first kappa shape index (κ1) is 11.6. The molecule has 0 spiro atoms. The van der Waals surface area contributed by atoms with E-state index in [0.29, 0.717) is 0 Å². The molecule has 0 aromatic carbocycles. The minimum Gasteiger partial charge on any atom is -0.385 e. The van der Waals surface area contributed by atoms with Gasteiger partial charge in [-0.15, -0.1) is 0 Å². The molecule has 0 fully saturated rings. The molecule has 0 saturated heterocycles. The zero-order valence-electron chi connectivity index (χ0n) is 9.20. The smallest absolute Gasteiger partial charge is 0.126 e. The maximum Gasteiger partial charge on any atom is 0.126 e. The van der Waals surface area contributed by atoms with Gasteiger partial charge in [0.1, 0.15) is 7.28 Å². The molecule has 0 aromatic heterocycles. The van der Waals surface area contributed by atoms with Gasteiger partial charge in [-0.1, -0.05) is 32.6 Å². The fraction of sp³-hybridized carbons (Fsp3) is 0.800. The molecule has 70 valence electrons. The molecule has 0 aliphatic rings. The summed E-state index contributed by atoms with van der Waals surface area (Å²) < 4.78 is 0. The molecule has 0 amide bonds. The van der Waals surface area contributed by atoms with Gasteiger partial charge in [-0.3, -0.25) is 0 Å². The predicted molar refractivity (Wildman–Crippen MR) is 59.1 cm³/mol. The number of nitrogens with one attached hydrogen (secondary N) is 1. The second kappa shape index (κ2) is 4.59. The monoisotopic (exact) mass is 167 g/mol. The molecular weight excluding hydrogens is 145 g/mol. The minimum atomic E-state index is 0.204. The van der Waals surface area contributed by atoms with Gasteiger partial charge < -0.3 is 5.32 Å². The van der Waals surface area contributed by atoms with Crippen molar-refractivity contribution in [2.45, 2.75) is 52.3 Å². The Morgan fingerprint density at radius 1 is 1.50 bits per heavy atom. The number of allylic oxidation sites excluding steroid dienone is 1. The van der Waals surface area contributed by atoms with Crippen molar-refractivity contribution in [2.75, 3.05) is 0 Å². The van der Waals surface area contributed by atoms with E-state index < -0.39 is 0 Å². The summed E-state index contributed by atoms with van der Waals surface area (Å²) in [5.74, 6) is 0.788. The van der Waals surface area contributed by atoms with Crippen LogP contribution in [0.1, 0.15) is 34.6 Å². The molecule has 0 heterocycles. The maximum absolute atomic E-state index is 3.86. The van der Waals surface area contributed by atoms with Crippen LogP contribution in [0.15, 0.2) is 12.3 Å². The van der Waals surface area contributed by atoms with E-state index in [0.717, 1.165) is 11.5 Å². The molecule has 0 aromatic rings. The SMILES string of the molecule is C=C(C)NC(C)(C)CBC(C)C. The molecule has 0 atom stereocenters. The van der Waals surface area contributed by atoms with Gasteiger partial charge >= 0.3 is 0 Å². The molecular formula is C10H22BN. The van der Waals surface area contributed by atoms with Gasteiger partial charge in [-0.05, 0) is 20.8 Å². The van der Waals surface area contributed by atoms with E-state index in [4.69, 9.17) is 0 Å². The van der Waals surface area contributed by atoms with Gasteiger partial charge in [-0.2, -0.15) is 0 Å². The highest BCUT2D eigenvalue weighted by molar-refractivity contribution is 6.37. The van der Waals surface area contributed by atoms with Crippen molar-refractivity contribution in [1.82, 2.24) is 5.32 Å². The van der Waals surface area contributed by atoms with Crippen molar-refractivity contribution in [1.29, 1.82) is 0 Å². The van der Waals surface area contributed by atoms with Crippen LogP contribution >= 0.6 is 0 Å². The second-order valence-electron chi connectivity index (χ2n) is 4.72. The van der Waals surface area contributed by atoms with Crippen molar-refractivity contribution < 1.29 is 0 Å². The maximum atomic E-state index is 3.86. The summed E-state index contributed by atoms with van der Waals surface area (Å²) in [5, 5.41) is 3.38. The largest absolute Gasteiger partial charge is 0.385 e. The molecule has 0 bridgehead atoms. The van der Waals surface area contributed by atoms with Crippen molar-refractivity contribution in [2.24, 2.45) is 0 Å². The van der Waals surface area contributed by atoms with Crippen LogP contribution in [0.4, 0.5) is 0 Å². The van der Waals surface area contributed by atoms with Crippen molar-refractivity contribution in [3.05, 3.63) is 12.3 Å². The van der Waals surface area contributed by atoms with Crippen molar-refractivity contribution >= 4 is 7.28 Å². The third-order valence-corrected chi connectivity index (χ3v) is 1.90. The third kappa shape index (κ3) is 6.32. The molecule has 1 nitrogen and oxygen atoms in total. The molecule has 12 heavy (non-hydrogen) atoms. The molecule has 0 saturated carbocycles. The van der Waals surface area contributed by atoms with Crippen molar-refractivity contribution in [3.63, 3.8) is 0 Å². The van der Waals surface area contributed by atoms with Crippen LogP contribution in [-0.4, -0.2) is 12.8 Å². The lowest BCUT2D eigenvalue weighted by Crippen LogP contribution is -2.38. The van der Waals surface area contributed by atoms with Gasteiger partial charge in [0.05, 0.1) is 0 Å². The molecule has 1 N–H and O–H groups in total. The van der Waals surface area contributed by atoms with Crippen LogP contribution in [0.3, 0.4) is 0 Å². The Kier molecular flexibility index (Phi) is 4.44. The van der Waals surface area contributed by atoms with E-state index in [-0.39, 0.29) is 5.54 Å². The van der Waals surface area contributed by atoms with Gasteiger partial charge in [-0.25, -0.2) is 0 Å². The highest BCUT2D eigenvalue weighted by atomic mass is 15.0. The molecule has 0 rings (SSSR count). The average Bonchev–Trinajstić information content (AvgIpc) is 1.81. The molecule has 0 aliphatic heterocycles. The van der Waals surface area contributed by atoms with Crippen LogP contribution in [-0.2, 0) is 0 Å². The number of hydrogen-bond donors (Lipinski definition) is 1. The lowest BCUT2D eigenvalue weighted by atomic mass is 9.59. The quantitative estimate of drug-likeness (QED) is 0.620. The first-order chi connectivity index (χ1) is 5.33. The Morgan fingerprint density at radius 2 is 2.00 bits per heavy atom. The summed E-state index contributed by atoms with van der Waals surface area (Å²) in [6.45, 7) is 14.8. The molecule has 0 unspecified atom stereocenters. The molecule has 0 radical (unpaired) electrons. The van der Waals surface area contributed by atoms with E-state index >= 15 is 0 Å². The topological polar surface area (TPSA) is 12.0 Å². The second-order valence-corrected chi connectivity index (χ2v) is 4.72. The predicted octanol–water partition coefficient (Wildman–Crippen LogP) is 2.57. The Bertz CT molecular complexity index is 150. The lowest BCUT2D eigenvalue weighted by molar-refractivity contribution is 0.471. The number of rotatable bonds is 5. The van der Waals surface area contributed by atoms with Gasteiger partial charge in [0.15, 0.2) is 0 Å². The Labute approximate surface area is 77.9 Å². The first-order valence-electron chi connectivity index (χ1n) is 4.77. The standard InChI is InChI=1S/C10H22BN/c1-8(2)11-7-10(5,6)12-9(3)4/h8,11-12H,3,7H2,1-2,4-6H3. The van der Waals surface area contributed by atoms with E-state index in [9.17, 15) is 0 Å². The Morgan fingerprint density at radius 3 is 2.33 bits per heavy atom. The summed E-state index contributed by atoms with van der Waals surface area (Å²) >= 11 is 0. The first-order valence-corrected chi connectivity index (χ1v) is 4.77. The summed E-state index contributed by atoms with van der Waals surface area (Å²) in [6, 6.07) is 0. The zero-order chi connectivity index (χ0) is 9.78. The van der Waals surface area contributed by atoms with E-state index in [2.05, 4.69) is 39.6 Å². The molecule has 2 heteroatoms. The zero-order valence-corrected chi connectivity index (χ0v) is 9.20. The summed E-state index contributed by atoms with van der Waals surface area (Å²) in [4.78, 5) is 0. The highest BCUT2D eigenvalue weighted by Crippen LogP contribution is 2.14. The fourth-order valence-electron chi connectivity index (χ4n) is 1.29. The van der Waals surface area contributed by atoms with Crippen molar-refractivity contribution in [3.8, 4) is 0 Å². The van der Waals surface area contributed by atoms with E-state index in [1.807, 2.05) is 6.92 Å². The lowest BCUT2D eigenvalue weighted by Gasteiger charge is -2.28. The minimum absolute atomic E-state index is 0.204. The third-order valence-electron chi connectivity index (χ3n) is 1.90. The van der Waals surface area contributed by atoms with Gasteiger partial charge in [0, 0.05) is 11.2 Å². The summed E-state index contributed by atoms with van der Waals surface area (Å²) in [5.41, 5.74) is 1.26.